The van der Waals surface area contributed by atoms with E-state index in [0.29, 0.717) is 55.6 Å². The molecular formula is C33H51N2O12S2Si2-. The highest BCUT2D eigenvalue weighted by Gasteiger charge is 2.52. The quantitative estimate of drug-likeness (QED) is 0.113. The molecule has 2 aromatic carbocycles. The molecule has 0 spiro atoms. The number of nitrogens with zero attached hydrogens (tertiary/aromatic N) is 2. The zero-order chi connectivity index (χ0) is 38.2. The minimum Gasteiger partial charge on any atom is -0.744 e. The monoisotopic (exact) mass is 787 g/mol. The van der Waals surface area contributed by atoms with Crippen LogP contribution in [0.4, 0.5) is 11.4 Å². The van der Waals surface area contributed by atoms with E-state index in [4.69, 9.17) is 13.3 Å². The van der Waals surface area contributed by atoms with Crippen molar-refractivity contribution in [3.63, 3.8) is 0 Å². The van der Waals surface area contributed by atoms with E-state index in [1.54, 1.807) is 12.1 Å². The van der Waals surface area contributed by atoms with Crippen LogP contribution in [0.1, 0.15) is 58.1 Å². The molecule has 4 rings (SSSR count). The zero-order valence-corrected chi connectivity index (χ0v) is 34.0. The second-order valence-electron chi connectivity index (χ2n) is 14.5. The van der Waals surface area contributed by atoms with E-state index in [-0.39, 0.29) is 34.5 Å². The molecule has 1 atom stereocenters. The average molecular weight is 788 g/mol. The van der Waals surface area contributed by atoms with Crippen molar-refractivity contribution >= 4 is 54.2 Å². The molecule has 286 valence electrons. The predicted octanol–water partition coefficient (Wildman–Crippen LogP) is 2.13. The molecule has 0 radical (unpaired) electrons. The van der Waals surface area contributed by atoms with Crippen molar-refractivity contribution in [3.05, 3.63) is 47.5 Å². The first-order valence-corrected chi connectivity index (χ1v) is 24.4. The van der Waals surface area contributed by atoms with Crippen LogP contribution in [0.2, 0.25) is 12.1 Å². The highest BCUT2D eigenvalue weighted by molar-refractivity contribution is 7.86. The average Bonchev–Trinajstić information content (AvgIpc) is 3.42. The fourth-order valence-electron chi connectivity index (χ4n) is 7.68. The summed E-state index contributed by atoms with van der Waals surface area (Å²) in [5.74, 6) is 0. The van der Waals surface area contributed by atoms with E-state index in [2.05, 4.69) is 9.48 Å². The van der Waals surface area contributed by atoms with Gasteiger partial charge in [0.25, 0.3) is 0 Å². The Bertz CT molecular complexity index is 1830. The van der Waals surface area contributed by atoms with Crippen LogP contribution in [0, 0.1) is 0 Å². The molecule has 14 nitrogen and oxygen atoms in total. The van der Waals surface area contributed by atoms with Crippen LogP contribution in [0.15, 0.2) is 46.2 Å². The number of anilines is 1. The van der Waals surface area contributed by atoms with Gasteiger partial charge >= 0.3 is 8.56 Å². The van der Waals surface area contributed by atoms with Gasteiger partial charge in [0.2, 0.25) is 14.0 Å². The van der Waals surface area contributed by atoms with Crippen LogP contribution < -0.4 is 4.90 Å². The van der Waals surface area contributed by atoms with Gasteiger partial charge in [-0.05, 0) is 68.3 Å². The number of benzene rings is 2. The molecule has 2 aliphatic heterocycles. The molecule has 18 heteroatoms. The van der Waals surface area contributed by atoms with Crippen LogP contribution in [0.3, 0.4) is 0 Å². The maximum absolute atomic E-state index is 12.1. The van der Waals surface area contributed by atoms with Gasteiger partial charge < -0.3 is 42.6 Å². The lowest BCUT2D eigenvalue weighted by molar-refractivity contribution is -0.440. The fraction of sp³-hybridized carbons (Fsp3) is 0.606. The van der Waals surface area contributed by atoms with Crippen LogP contribution in [0.25, 0.3) is 0 Å². The van der Waals surface area contributed by atoms with Gasteiger partial charge in [0.05, 0.1) is 40.3 Å². The first-order valence-electron chi connectivity index (χ1n) is 16.8. The number of aliphatic hydroxyl groups excluding tert-OH is 3. The van der Waals surface area contributed by atoms with Crippen LogP contribution in [-0.4, -0.2) is 128 Å². The van der Waals surface area contributed by atoms with Gasteiger partial charge in [0, 0.05) is 63.1 Å². The van der Waals surface area contributed by atoms with E-state index in [1.807, 2.05) is 27.7 Å². The zero-order valence-electron chi connectivity index (χ0n) is 30.3. The fourth-order valence-corrected chi connectivity index (χ4v) is 12.0. The molecule has 51 heavy (non-hydrogen) atoms. The molecule has 0 aromatic heterocycles. The normalized spacial score (nSPS) is 18.7. The first-order chi connectivity index (χ1) is 23.7. The lowest BCUT2D eigenvalue weighted by atomic mass is 9.73. The second kappa shape index (κ2) is 15.3. The van der Waals surface area contributed by atoms with E-state index in [1.165, 1.54) is 45.6 Å². The van der Waals surface area contributed by atoms with Crippen LogP contribution >= 0.6 is 0 Å². The molecule has 0 bridgehead atoms. The minimum absolute atomic E-state index is 0.226. The summed E-state index contributed by atoms with van der Waals surface area (Å²) in [6.07, 6.45) is 0.803. The lowest BCUT2D eigenvalue weighted by Crippen LogP contribution is -2.48. The third-order valence-corrected chi connectivity index (χ3v) is 19.1. The van der Waals surface area contributed by atoms with Crippen molar-refractivity contribution < 1.29 is 59.1 Å². The molecule has 2 aromatic rings. The molecule has 0 amide bonds. The Hall–Kier alpha value is -2.08. The Morgan fingerprint density at radius 1 is 0.804 bits per heavy atom. The Balaban J connectivity index is 1.84. The van der Waals surface area contributed by atoms with Crippen molar-refractivity contribution in [1.82, 2.24) is 0 Å². The van der Waals surface area contributed by atoms with E-state index in [9.17, 15) is 41.3 Å². The number of aliphatic hydroxyl groups is 3. The summed E-state index contributed by atoms with van der Waals surface area (Å²) in [5, 5.41) is 30.2. The maximum Gasteiger partial charge on any atom is 0.364 e. The van der Waals surface area contributed by atoms with Gasteiger partial charge in [-0.1, -0.05) is 13.8 Å². The summed E-state index contributed by atoms with van der Waals surface area (Å²) >= 11 is 0. The molecule has 0 saturated carbocycles. The van der Waals surface area contributed by atoms with Crippen LogP contribution in [0.5, 0.6) is 0 Å². The standard InChI is InChI=1S/C33H52N2O12S2Si2/c1-32(2)26-18-24(48(39,40)41)10-12-28(26)34(14-8-16-50(21-36,22-37)45-5)30(32)20-31-33(3,4)27-19-25(49(42,43)44)11-13-29(27)35(31)15-9-17-51(23-38,46-6)47-7/h10-13,18-19,31,36-38H,8-9,14-17,20-23H2,1-7H3,(H-,39,40,41,42,43,44)/p-1. The summed E-state index contributed by atoms with van der Waals surface area (Å²) in [6, 6.07) is 9.45. The Labute approximate surface area is 303 Å². The number of hydrogen-bond donors (Lipinski definition) is 3. The summed E-state index contributed by atoms with van der Waals surface area (Å²) in [7, 11) is -10.7. The summed E-state index contributed by atoms with van der Waals surface area (Å²) < 4.78 is 91.7. The molecule has 2 aliphatic rings. The van der Waals surface area contributed by atoms with Gasteiger partial charge in [-0.25, -0.2) is 16.8 Å². The second-order valence-corrected chi connectivity index (χ2v) is 24.6. The number of rotatable bonds is 18. The van der Waals surface area contributed by atoms with Crippen molar-refractivity contribution in [2.24, 2.45) is 0 Å². The minimum atomic E-state index is -4.75. The third kappa shape index (κ3) is 8.07. The van der Waals surface area contributed by atoms with Crippen molar-refractivity contribution in [1.29, 1.82) is 0 Å². The Kier molecular flexibility index (Phi) is 12.5. The molecule has 3 N–H and O–H groups in total. The van der Waals surface area contributed by atoms with Crippen LogP contribution in [-0.2, 0) is 44.3 Å². The van der Waals surface area contributed by atoms with Crippen molar-refractivity contribution in [2.45, 2.75) is 85.7 Å². The van der Waals surface area contributed by atoms with Gasteiger partial charge in [0.1, 0.15) is 26.8 Å². The van der Waals surface area contributed by atoms with Gasteiger partial charge in [-0.2, -0.15) is 4.58 Å². The van der Waals surface area contributed by atoms with Crippen molar-refractivity contribution in [2.75, 3.05) is 58.0 Å². The summed E-state index contributed by atoms with van der Waals surface area (Å²) in [5.41, 5.74) is 2.33. The highest BCUT2D eigenvalue weighted by atomic mass is 32.2. The molecule has 0 fully saturated rings. The number of hydrogen-bond acceptors (Lipinski definition) is 13. The Morgan fingerprint density at radius 2 is 1.37 bits per heavy atom. The van der Waals surface area contributed by atoms with Gasteiger partial charge in [-0.3, -0.25) is 0 Å². The van der Waals surface area contributed by atoms with E-state index in [0.717, 1.165) is 17.1 Å². The molecule has 0 saturated heterocycles. The smallest absolute Gasteiger partial charge is 0.364 e. The van der Waals surface area contributed by atoms with E-state index < -0.39 is 47.9 Å². The Morgan fingerprint density at radius 3 is 1.88 bits per heavy atom. The lowest BCUT2D eigenvalue weighted by Gasteiger charge is -2.36. The highest BCUT2D eigenvalue weighted by Crippen LogP contribution is 2.50. The largest absolute Gasteiger partial charge is 0.744 e. The van der Waals surface area contributed by atoms with Gasteiger partial charge in [-0.15, -0.1) is 0 Å². The third-order valence-electron chi connectivity index (χ3n) is 11.1. The summed E-state index contributed by atoms with van der Waals surface area (Å²) in [6.45, 7) is 8.87. The molecule has 0 aliphatic carbocycles. The van der Waals surface area contributed by atoms with Crippen molar-refractivity contribution in [3.8, 4) is 0 Å². The topological polar surface area (TPSA) is 209 Å². The predicted molar refractivity (Wildman–Crippen MR) is 193 cm³/mol. The summed E-state index contributed by atoms with van der Waals surface area (Å²) in [4.78, 5) is 1.53. The first kappa shape index (κ1) is 41.7. The molecule has 1 unspecified atom stereocenters. The number of fused-ring (bicyclic) bond motifs is 2. The maximum atomic E-state index is 12.1. The van der Waals surface area contributed by atoms with E-state index >= 15 is 0 Å². The molecule has 2 heterocycles. The molecular weight excluding hydrogens is 737 g/mol. The SMILES string of the molecule is CO[Si](CO)(CO)CCC[N+]1=C(CC2N(CCC[Si](CO)(OC)OC)c3ccc(S(=O)(=O)[O-])cc3C2(C)C)C(C)(C)c2cc(S(=O)(=O)[O-])ccc21. The van der Waals surface area contributed by atoms with Gasteiger partial charge in [0.15, 0.2) is 5.71 Å².